The number of nitrogens with zero attached hydrogens (tertiary/aromatic N) is 1. The summed E-state index contributed by atoms with van der Waals surface area (Å²) in [5.74, 6) is -1.08. The zero-order valence-corrected chi connectivity index (χ0v) is 15.7. The fourth-order valence-electron chi connectivity index (χ4n) is 3.46. The molecule has 1 saturated heterocycles. The minimum atomic E-state index is -0.939. The molecule has 7 heteroatoms. The first kappa shape index (κ1) is 19.1. The van der Waals surface area contributed by atoms with Crippen molar-refractivity contribution in [1.29, 1.82) is 0 Å². The molecule has 1 fully saturated rings. The molecule has 2 N–H and O–H groups in total. The molecule has 0 spiro atoms. The Bertz CT molecular complexity index is 797. The smallest absolute Gasteiger partial charge is 0.314 e. The number of rotatable bonds is 6. The lowest BCUT2D eigenvalue weighted by molar-refractivity contribution is -0.148. The Morgan fingerprint density at radius 3 is 2.37 bits per heavy atom. The molecule has 27 heavy (non-hydrogen) atoms. The predicted molar refractivity (Wildman–Crippen MR) is 103 cm³/mol. The van der Waals surface area contributed by atoms with Gasteiger partial charge in [0.15, 0.2) is 0 Å². The SMILES string of the molecule is O=C(NCCC(=O)N1CCC(C(=O)O)(c2ccccc2)CC1)c1cccs1. The van der Waals surface area contributed by atoms with Crippen LogP contribution in [0.5, 0.6) is 0 Å². The number of likely N-dealkylation sites (tertiary alicyclic amines) is 1. The third-order valence-corrected chi connectivity index (χ3v) is 5.94. The number of nitrogens with one attached hydrogen (secondary N) is 1. The Hall–Kier alpha value is -2.67. The zero-order valence-electron chi connectivity index (χ0n) is 14.9. The van der Waals surface area contributed by atoms with Crippen molar-refractivity contribution in [2.45, 2.75) is 24.7 Å². The van der Waals surface area contributed by atoms with Crippen molar-refractivity contribution in [3.05, 3.63) is 58.3 Å². The molecule has 3 rings (SSSR count). The van der Waals surface area contributed by atoms with Gasteiger partial charge < -0.3 is 15.3 Å². The Morgan fingerprint density at radius 1 is 1.07 bits per heavy atom. The van der Waals surface area contributed by atoms with Crippen molar-refractivity contribution in [3.63, 3.8) is 0 Å². The van der Waals surface area contributed by atoms with Crippen molar-refractivity contribution in [3.8, 4) is 0 Å². The molecule has 0 bridgehead atoms. The van der Waals surface area contributed by atoms with Gasteiger partial charge in [-0.25, -0.2) is 0 Å². The number of carbonyl (C=O) groups excluding carboxylic acids is 2. The van der Waals surface area contributed by atoms with Crippen LogP contribution in [0.1, 0.15) is 34.5 Å². The summed E-state index contributed by atoms with van der Waals surface area (Å²) in [7, 11) is 0. The van der Waals surface area contributed by atoms with Gasteiger partial charge in [0, 0.05) is 26.1 Å². The van der Waals surface area contributed by atoms with E-state index in [-0.39, 0.29) is 24.8 Å². The first-order chi connectivity index (χ1) is 13.0. The van der Waals surface area contributed by atoms with E-state index in [2.05, 4.69) is 5.32 Å². The second kappa shape index (κ2) is 8.35. The van der Waals surface area contributed by atoms with E-state index in [0.29, 0.717) is 30.8 Å². The van der Waals surface area contributed by atoms with Crippen LogP contribution in [0.4, 0.5) is 0 Å². The molecule has 142 valence electrons. The zero-order chi connectivity index (χ0) is 19.3. The number of carbonyl (C=O) groups is 3. The molecular weight excluding hydrogens is 364 g/mol. The maximum Gasteiger partial charge on any atom is 0.314 e. The van der Waals surface area contributed by atoms with Crippen LogP contribution in [0, 0.1) is 0 Å². The van der Waals surface area contributed by atoms with Gasteiger partial charge in [0.25, 0.3) is 5.91 Å². The average molecular weight is 386 g/mol. The van der Waals surface area contributed by atoms with E-state index in [1.54, 1.807) is 17.0 Å². The third-order valence-electron chi connectivity index (χ3n) is 5.07. The molecule has 2 amide bonds. The van der Waals surface area contributed by atoms with Gasteiger partial charge >= 0.3 is 5.97 Å². The number of hydrogen-bond donors (Lipinski definition) is 2. The largest absolute Gasteiger partial charge is 0.481 e. The summed E-state index contributed by atoms with van der Waals surface area (Å²) >= 11 is 1.36. The lowest BCUT2D eigenvalue weighted by Gasteiger charge is -2.39. The summed E-state index contributed by atoms with van der Waals surface area (Å²) in [4.78, 5) is 38.6. The van der Waals surface area contributed by atoms with Crippen molar-refractivity contribution in [2.75, 3.05) is 19.6 Å². The average Bonchev–Trinajstić information content (AvgIpc) is 3.23. The van der Waals surface area contributed by atoms with Crippen LogP contribution >= 0.6 is 11.3 Å². The summed E-state index contributed by atoms with van der Waals surface area (Å²) in [6, 6.07) is 12.8. The fourth-order valence-corrected chi connectivity index (χ4v) is 4.10. The van der Waals surface area contributed by atoms with E-state index in [0.717, 1.165) is 5.56 Å². The number of hydrogen-bond acceptors (Lipinski definition) is 4. The summed E-state index contributed by atoms with van der Waals surface area (Å²) in [5.41, 5.74) is -0.154. The molecule has 1 aliphatic heterocycles. The molecule has 0 unspecified atom stereocenters. The van der Waals surface area contributed by atoms with Crippen molar-refractivity contribution in [1.82, 2.24) is 10.2 Å². The van der Waals surface area contributed by atoms with Gasteiger partial charge in [-0.15, -0.1) is 11.3 Å². The van der Waals surface area contributed by atoms with Crippen LogP contribution in [0.3, 0.4) is 0 Å². The highest BCUT2D eigenvalue weighted by molar-refractivity contribution is 7.12. The standard InChI is InChI=1S/C20H22N2O4S/c23-17(8-11-21-18(24)16-7-4-14-27-16)22-12-9-20(10-13-22,19(25)26)15-5-2-1-3-6-15/h1-7,14H,8-13H2,(H,21,24)(H,25,26). The van der Waals surface area contributed by atoms with E-state index >= 15 is 0 Å². The first-order valence-corrected chi connectivity index (χ1v) is 9.79. The molecule has 0 aliphatic carbocycles. The highest BCUT2D eigenvalue weighted by Gasteiger charge is 2.43. The normalized spacial score (nSPS) is 15.9. The van der Waals surface area contributed by atoms with Gasteiger partial charge in [0.05, 0.1) is 10.3 Å². The fraction of sp³-hybridized carbons (Fsp3) is 0.350. The minimum Gasteiger partial charge on any atom is -0.481 e. The molecule has 0 radical (unpaired) electrons. The van der Waals surface area contributed by atoms with Gasteiger partial charge in [-0.05, 0) is 29.9 Å². The number of carboxylic acids is 1. The third kappa shape index (κ3) is 4.19. The molecule has 0 saturated carbocycles. The second-order valence-corrected chi connectivity index (χ2v) is 7.56. The predicted octanol–water partition coefficient (Wildman–Crippen LogP) is 2.51. The highest BCUT2D eigenvalue weighted by Crippen LogP contribution is 2.36. The molecule has 1 aromatic heterocycles. The monoisotopic (exact) mass is 386 g/mol. The van der Waals surface area contributed by atoms with E-state index in [1.165, 1.54) is 11.3 Å². The quantitative estimate of drug-likeness (QED) is 0.799. The van der Waals surface area contributed by atoms with Crippen molar-refractivity contribution < 1.29 is 19.5 Å². The van der Waals surface area contributed by atoms with Crippen LogP contribution < -0.4 is 5.32 Å². The van der Waals surface area contributed by atoms with Gasteiger partial charge in [-0.3, -0.25) is 14.4 Å². The maximum atomic E-state index is 12.4. The van der Waals surface area contributed by atoms with E-state index in [9.17, 15) is 19.5 Å². The van der Waals surface area contributed by atoms with E-state index in [1.807, 2.05) is 35.7 Å². The first-order valence-electron chi connectivity index (χ1n) is 8.91. The molecule has 2 heterocycles. The molecular formula is C20H22N2O4S. The van der Waals surface area contributed by atoms with Gasteiger partial charge in [-0.1, -0.05) is 36.4 Å². The van der Waals surface area contributed by atoms with Crippen LogP contribution in [0.25, 0.3) is 0 Å². The lowest BCUT2D eigenvalue weighted by atomic mass is 9.73. The molecule has 0 atom stereocenters. The number of benzene rings is 1. The molecule has 2 aromatic rings. The Balaban J connectivity index is 1.52. The number of piperidine rings is 1. The number of carboxylic acid groups (broad SMARTS) is 1. The number of thiophene rings is 1. The summed E-state index contributed by atoms with van der Waals surface area (Å²) in [6.45, 7) is 1.08. The van der Waals surface area contributed by atoms with Crippen LogP contribution in [-0.2, 0) is 15.0 Å². The van der Waals surface area contributed by atoms with Crippen molar-refractivity contribution >= 4 is 29.1 Å². The number of amides is 2. The van der Waals surface area contributed by atoms with Crippen LogP contribution in [0.15, 0.2) is 47.8 Å². The van der Waals surface area contributed by atoms with Crippen LogP contribution in [-0.4, -0.2) is 47.4 Å². The second-order valence-electron chi connectivity index (χ2n) is 6.62. The van der Waals surface area contributed by atoms with Crippen LogP contribution in [0.2, 0.25) is 0 Å². The Labute approximate surface area is 161 Å². The summed E-state index contributed by atoms with van der Waals surface area (Å²) in [5, 5.41) is 14.4. The van der Waals surface area contributed by atoms with Crippen molar-refractivity contribution in [2.24, 2.45) is 0 Å². The number of aliphatic carboxylic acids is 1. The van der Waals surface area contributed by atoms with Gasteiger partial charge in [0.1, 0.15) is 0 Å². The highest BCUT2D eigenvalue weighted by atomic mass is 32.1. The van der Waals surface area contributed by atoms with Gasteiger partial charge in [-0.2, -0.15) is 0 Å². The summed E-state index contributed by atoms with van der Waals surface area (Å²) < 4.78 is 0. The van der Waals surface area contributed by atoms with E-state index < -0.39 is 11.4 Å². The van der Waals surface area contributed by atoms with E-state index in [4.69, 9.17) is 0 Å². The molecule has 6 nitrogen and oxygen atoms in total. The summed E-state index contributed by atoms with van der Waals surface area (Å²) in [6.07, 6.45) is 0.988. The topological polar surface area (TPSA) is 86.7 Å². The maximum absolute atomic E-state index is 12.4. The van der Waals surface area contributed by atoms with Gasteiger partial charge in [0.2, 0.25) is 5.91 Å². The lowest BCUT2D eigenvalue weighted by Crippen LogP contribution is -2.49. The Kier molecular flexibility index (Phi) is 5.91. The molecule has 1 aromatic carbocycles. The Morgan fingerprint density at radius 2 is 1.78 bits per heavy atom. The minimum absolute atomic E-state index is 0.0615. The molecule has 1 aliphatic rings.